The van der Waals surface area contributed by atoms with E-state index in [4.69, 9.17) is 4.52 Å². The summed E-state index contributed by atoms with van der Waals surface area (Å²) in [6, 6.07) is 3.56. The number of ether oxygens (including phenoxy) is 1. The van der Waals surface area contributed by atoms with E-state index in [0.29, 0.717) is 28.7 Å². The molecule has 24 heavy (non-hydrogen) atoms. The van der Waals surface area contributed by atoms with E-state index in [9.17, 15) is 9.59 Å². The van der Waals surface area contributed by atoms with Crippen molar-refractivity contribution in [3.8, 4) is 11.4 Å². The number of carbonyl (C=O) groups excluding carboxylic acids is 2. The molecule has 0 atom stereocenters. The lowest BCUT2D eigenvalue weighted by Gasteiger charge is -2.04. The Morgan fingerprint density at radius 3 is 2.96 bits per heavy atom. The Labute approximate surface area is 145 Å². The van der Waals surface area contributed by atoms with Crippen LogP contribution < -0.4 is 5.32 Å². The van der Waals surface area contributed by atoms with Gasteiger partial charge >= 0.3 is 5.97 Å². The SMILES string of the molecule is COC(=O)c1sccc1NC(=O)CCc1nc(-c2ccsc2)no1. The first-order valence-electron chi connectivity index (χ1n) is 6.98. The summed E-state index contributed by atoms with van der Waals surface area (Å²) in [7, 11) is 1.30. The van der Waals surface area contributed by atoms with E-state index in [-0.39, 0.29) is 12.3 Å². The lowest BCUT2D eigenvalue weighted by molar-refractivity contribution is -0.116. The maximum atomic E-state index is 12.0. The average molecular weight is 363 g/mol. The number of hydrogen-bond acceptors (Lipinski definition) is 8. The molecular formula is C15H13N3O4S2. The van der Waals surface area contributed by atoms with Crippen molar-refractivity contribution in [2.75, 3.05) is 12.4 Å². The zero-order valence-electron chi connectivity index (χ0n) is 12.6. The molecule has 1 amide bonds. The second-order valence-corrected chi connectivity index (χ2v) is 6.42. The van der Waals surface area contributed by atoms with Crippen molar-refractivity contribution < 1.29 is 18.8 Å². The van der Waals surface area contributed by atoms with Crippen LogP contribution in [0.4, 0.5) is 5.69 Å². The fourth-order valence-electron chi connectivity index (χ4n) is 1.96. The maximum absolute atomic E-state index is 12.0. The molecule has 0 bridgehead atoms. The van der Waals surface area contributed by atoms with Crippen LogP contribution in [0, 0.1) is 0 Å². The number of anilines is 1. The largest absolute Gasteiger partial charge is 0.465 e. The Bertz CT molecular complexity index is 839. The molecular weight excluding hydrogens is 350 g/mol. The highest BCUT2D eigenvalue weighted by atomic mass is 32.1. The van der Waals surface area contributed by atoms with Crippen molar-refractivity contribution in [1.29, 1.82) is 0 Å². The number of hydrogen-bond donors (Lipinski definition) is 1. The second-order valence-electron chi connectivity index (χ2n) is 4.73. The first-order valence-corrected chi connectivity index (χ1v) is 8.80. The average Bonchev–Trinajstić information content (AvgIpc) is 3.32. The topological polar surface area (TPSA) is 94.3 Å². The van der Waals surface area contributed by atoms with Crippen LogP contribution in [0.1, 0.15) is 22.0 Å². The lowest BCUT2D eigenvalue weighted by Crippen LogP contribution is -2.14. The van der Waals surface area contributed by atoms with Gasteiger partial charge in [-0.25, -0.2) is 4.79 Å². The molecule has 0 saturated carbocycles. The molecule has 0 aromatic carbocycles. The van der Waals surface area contributed by atoms with Gasteiger partial charge in [-0.3, -0.25) is 4.79 Å². The quantitative estimate of drug-likeness (QED) is 0.676. The summed E-state index contributed by atoms with van der Waals surface area (Å²) in [5, 5.41) is 12.2. The van der Waals surface area contributed by atoms with Crippen molar-refractivity contribution >= 4 is 40.2 Å². The molecule has 3 aromatic heterocycles. The van der Waals surface area contributed by atoms with Gasteiger partial charge in [0.25, 0.3) is 0 Å². The van der Waals surface area contributed by atoms with Gasteiger partial charge in [0, 0.05) is 23.8 Å². The van der Waals surface area contributed by atoms with E-state index < -0.39 is 5.97 Å². The van der Waals surface area contributed by atoms with Crippen LogP contribution >= 0.6 is 22.7 Å². The Kier molecular flexibility index (Phi) is 5.02. The number of esters is 1. The molecule has 0 saturated heterocycles. The second kappa shape index (κ2) is 7.37. The van der Waals surface area contributed by atoms with Crippen molar-refractivity contribution in [3.63, 3.8) is 0 Å². The van der Waals surface area contributed by atoms with Crippen LogP contribution in [0.15, 0.2) is 32.8 Å². The zero-order chi connectivity index (χ0) is 16.9. The number of rotatable bonds is 6. The molecule has 0 unspecified atom stereocenters. The molecule has 0 aliphatic heterocycles. The third-order valence-corrected chi connectivity index (χ3v) is 4.70. The highest BCUT2D eigenvalue weighted by molar-refractivity contribution is 7.12. The smallest absolute Gasteiger partial charge is 0.350 e. The normalized spacial score (nSPS) is 10.5. The van der Waals surface area contributed by atoms with E-state index in [2.05, 4.69) is 20.2 Å². The standard InChI is InChI=1S/C15H13N3O4S2/c1-21-15(20)13-10(5-7-24-13)16-11(19)2-3-12-17-14(18-22-12)9-4-6-23-8-9/h4-8H,2-3H2,1H3,(H,16,19). The Hall–Kier alpha value is -2.52. The molecule has 124 valence electrons. The molecule has 0 fully saturated rings. The van der Waals surface area contributed by atoms with Gasteiger partial charge in [-0.2, -0.15) is 16.3 Å². The summed E-state index contributed by atoms with van der Waals surface area (Å²) in [4.78, 5) is 28.2. The molecule has 0 spiro atoms. The number of methoxy groups -OCH3 is 1. The summed E-state index contributed by atoms with van der Waals surface area (Å²) in [6.45, 7) is 0. The van der Waals surface area contributed by atoms with Gasteiger partial charge in [0.15, 0.2) is 0 Å². The van der Waals surface area contributed by atoms with Crippen molar-refractivity contribution in [3.05, 3.63) is 39.0 Å². The van der Waals surface area contributed by atoms with E-state index in [1.54, 1.807) is 22.8 Å². The van der Waals surface area contributed by atoms with Gasteiger partial charge < -0.3 is 14.6 Å². The predicted molar refractivity (Wildman–Crippen MR) is 90.2 cm³/mol. The van der Waals surface area contributed by atoms with E-state index in [1.807, 2.05) is 16.8 Å². The van der Waals surface area contributed by atoms with E-state index in [1.165, 1.54) is 18.4 Å². The summed E-state index contributed by atoms with van der Waals surface area (Å²) in [5.41, 5.74) is 1.33. The number of amides is 1. The number of thiophene rings is 2. The van der Waals surface area contributed by atoms with Gasteiger partial charge in [-0.05, 0) is 22.9 Å². The molecule has 3 heterocycles. The minimum Gasteiger partial charge on any atom is -0.465 e. The highest BCUT2D eigenvalue weighted by Crippen LogP contribution is 2.23. The van der Waals surface area contributed by atoms with Gasteiger partial charge in [-0.15, -0.1) is 11.3 Å². The summed E-state index contributed by atoms with van der Waals surface area (Å²) >= 11 is 2.76. The van der Waals surface area contributed by atoms with Crippen LogP contribution in [-0.4, -0.2) is 29.1 Å². The predicted octanol–water partition coefficient (Wildman–Crippen LogP) is 3.22. The molecule has 9 heteroatoms. The van der Waals surface area contributed by atoms with Crippen LogP contribution in [0.25, 0.3) is 11.4 Å². The van der Waals surface area contributed by atoms with E-state index in [0.717, 1.165) is 5.56 Å². The molecule has 3 rings (SSSR count). The van der Waals surface area contributed by atoms with Gasteiger partial charge in [0.2, 0.25) is 17.6 Å². The van der Waals surface area contributed by atoms with Gasteiger partial charge in [0.1, 0.15) is 4.88 Å². The van der Waals surface area contributed by atoms with Crippen LogP contribution in [-0.2, 0) is 16.0 Å². The summed E-state index contributed by atoms with van der Waals surface area (Å²) < 4.78 is 9.82. The number of carbonyl (C=O) groups is 2. The molecule has 0 aliphatic rings. The summed E-state index contributed by atoms with van der Waals surface area (Å²) in [5.74, 6) is 0.189. The third-order valence-electron chi connectivity index (χ3n) is 3.12. The Balaban J connectivity index is 1.57. The molecule has 0 aliphatic carbocycles. The van der Waals surface area contributed by atoms with Crippen molar-refractivity contribution in [2.45, 2.75) is 12.8 Å². The molecule has 1 N–H and O–H groups in total. The van der Waals surface area contributed by atoms with Crippen LogP contribution in [0.5, 0.6) is 0 Å². The molecule has 7 nitrogen and oxygen atoms in total. The van der Waals surface area contributed by atoms with Gasteiger partial charge in [-0.1, -0.05) is 5.16 Å². The fraction of sp³-hybridized carbons (Fsp3) is 0.200. The van der Waals surface area contributed by atoms with Crippen LogP contribution in [0.3, 0.4) is 0 Å². The minimum atomic E-state index is -0.474. The lowest BCUT2D eigenvalue weighted by atomic mass is 10.2. The minimum absolute atomic E-state index is 0.168. The fourth-order valence-corrected chi connectivity index (χ4v) is 3.36. The monoisotopic (exact) mass is 363 g/mol. The first kappa shape index (κ1) is 16.3. The van der Waals surface area contributed by atoms with Crippen molar-refractivity contribution in [2.24, 2.45) is 0 Å². The number of aryl methyl sites for hydroxylation is 1. The number of nitrogens with zero attached hydrogens (tertiary/aromatic N) is 2. The number of nitrogens with one attached hydrogen (secondary N) is 1. The Morgan fingerprint density at radius 1 is 1.33 bits per heavy atom. The molecule has 3 aromatic rings. The Morgan fingerprint density at radius 2 is 2.21 bits per heavy atom. The maximum Gasteiger partial charge on any atom is 0.350 e. The zero-order valence-corrected chi connectivity index (χ0v) is 14.3. The number of aromatic nitrogens is 2. The van der Waals surface area contributed by atoms with E-state index >= 15 is 0 Å². The third kappa shape index (κ3) is 3.69. The van der Waals surface area contributed by atoms with Crippen molar-refractivity contribution in [1.82, 2.24) is 10.1 Å². The van der Waals surface area contributed by atoms with Crippen LogP contribution in [0.2, 0.25) is 0 Å². The summed E-state index contributed by atoms with van der Waals surface area (Å²) in [6.07, 6.45) is 0.488. The van der Waals surface area contributed by atoms with Gasteiger partial charge in [0.05, 0.1) is 12.8 Å². The molecule has 0 radical (unpaired) electrons. The highest BCUT2D eigenvalue weighted by Gasteiger charge is 2.16. The first-order chi connectivity index (χ1) is 11.7.